The standard InChI is InChI=1S/C32H33F6N3O2/c1-20-18-40(13-10-30(20)9-6-21-4-2-3-5-26(21)30)19-27(42)22-7-11-41(12-8-22)29-39-17-28(43-29)23-14-24(31(33,34)35)16-25(15-23)32(36,37)38/h2-6,9,14-17,20,22,27,42H,7-8,10-13,18-19H2,1H3/t20-,27+,30-/m0/s1. The number of fused-ring (bicyclic) bond motifs is 2. The van der Waals surface area contributed by atoms with E-state index in [4.69, 9.17) is 4.42 Å². The lowest BCUT2D eigenvalue weighted by molar-refractivity contribution is -0.143. The first-order valence-corrected chi connectivity index (χ1v) is 14.5. The minimum Gasteiger partial charge on any atom is -0.423 e. The second-order valence-corrected chi connectivity index (χ2v) is 12.1. The summed E-state index contributed by atoms with van der Waals surface area (Å²) in [5, 5.41) is 11.1. The maximum absolute atomic E-state index is 13.3. The molecule has 0 radical (unpaired) electrons. The van der Waals surface area contributed by atoms with Crippen LogP contribution in [0.15, 0.2) is 59.2 Å². The molecular weight excluding hydrogens is 572 g/mol. The van der Waals surface area contributed by atoms with Crippen LogP contribution in [0.5, 0.6) is 0 Å². The molecule has 6 rings (SSSR count). The second-order valence-electron chi connectivity index (χ2n) is 12.1. The third kappa shape index (κ3) is 5.81. The first-order chi connectivity index (χ1) is 20.3. The van der Waals surface area contributed by atoms with Crippen molar-refractivity contribution in [3.63, 3.8) is 0 Å². The molecule has 2 saturated heterocycles. The Kier molecular flexibility index (Phi) is 7.61. The predicted octanol–water partition coefficient (Wildman–Crippen LogP) is 7.26. The number of rotatable bonds is 5. The van der Waals surface area contributed by atoms with Crippen molar-refractivity contribution in [2.24, 2.45) is 11.8 Å². The van der Waals surface area contributed by atoms with Crippen molar-refractivity contribution < 1.29 is 35.9 Å². The van der Waals surface area contributed by atoms with E-state index in [1.165, 1.54) is 11.1 Å². The molecule has 0 unspecified atom stereocenters. The highest BCUT2D eigenvalue weighted by molar-refractivity contribution is 5.65. The summed E-state index contributed by atoms with van der Waals surface area (Å²) in [6.45, 7) is 5.63. The molecule has 0 saturated carbocycles. The highest BCUT2D eigenvalue weighted by Crippen LogP contribution is 2.47. The molecule has 1 spiro atoms. The van der Waals surface area contributed by atoms with Crippen molar-refractivity contribution in [2.75, 3.05) is 37.6 Å². The van der Waals surface area contributed by atoms with E-state index < -0.39 is 29.6 Å². The van der Waals surface area contributed by atoms with Gasteiger partial charge in [0, 0.05) is 37.2 Å². The van der Waals surface area contributed by atoms with Gasteiger partial charge in [-0.05, 0) is 67.0 Å². The zero-order valence-corrected chi connectivity index (χ0v) is 23.6. The van der Waals surface area contributed by atoms with Crippen LogP contribution >= 0.6 is 0 Å². The van der Waals surface area contributed by atoms with Gasteiger partial charge in [0.1, 0.15) is 0 Å². The van der Waals surface area contributed by atoms with Crippen LogP contribution in [-0.4, -0.2) is 53.8 Å². The summed E-state index contributed by atoms with van der Waals surface area (Å²) in [6, 6.07) is 10.0. The Morgan fingerprint density at radius 3 is 2.33 bits per heavy atom. The quantitative estimate of drug-likeness (QED) is 0.310. The highest BCUT2D eigenvalue weighted by atomic mass is 19.4. The molecule has 11 heteroatoms. The van der Waals surface area contributed by atoms with E-state index in [2.05, 4.69) is 53.2 Å². The fourth-order valence-electron chi connectivity index (χ4n) is 6.97. The average molecular weight is 606 g/mol. The molecule has 230 valence electrons. The fourth-order valence-corrected chi connectivity index (χ4v) is 6.97. The summed E-state index contributed by atoms with van der Waals surface area (Å²) in [4.78, 5) is 8.29. The number of aliphatic hydroxyl groups is 1. The van der Waals surface area contributed by atoms with Crippen LogP contribution in [0.25, 0.3) is 17.4 Å². The molecule has 43 heavy (non-hydrogen) atoms. The van der Waals surface area contributed by atoms with E-state index in [0.717, 1.165) is 25.7 Å². The molecule has 3 heterocycles. The number of aromatic nitrogens is 1. The van der Waals surface area contributed by atoms with Gasteiger partial charge in [-0.3, -0.25) is 0 Å². The molecule has 0 bridgehead atoms. The van der Waals surface area contributed by atoms with Gasteiger partial charge >= 0.3 is 12.4 Å². The summed E-state index contributed by atoms with van der Waals surface area (Å²) in [5.41, 5.74) is -0.450. The van der Waals surface area contributed by atoms with E-state index >= 15 is 0 Å². The Morgan fingerprint density at radius 1 is 1.00 bits per heavy atom. The number of hydrogen-bond acceptors (Lipinski definition) is 5. The van der Waals surface area contributed by atoms with Crippen molar-refractivity contribution in [2.45, 2.75) is 50.1 Å². The Balaban J connectivity index is 1.06. The topological polar surface area (TPSA) is 52.7 Å². The van der Waals surface area contributed by atoms with Crippen molar-refractivity contribution in [3.05, 3.63) is 77.0 Å². The number of piperidine rings is 2. The van der Waals surface area contributed by atoms with Crippen molar-refractivity contribution in [3.8, 4) is 11.3 Å². The Hall–Kier alpha value is -3.31. The van der Waals surface area contributed by atoms with E-state index in [1.807, 2.05) is 4.90 Å². The van der Waals surface area contributed by atoms with Gasteiger partial charge in [0.15, 0.2) is 5.76 Å². The Morgan fingerprint density at radius 2 is 1.67 bits per heavy atom. The maximum Gasteiger partial charge on any atom is 0.416 e. The normalized spacial score (nSPS) is 24.1. The lowest BCUT2D eigenvalue weighted by Crippen LogP contribution is -2.50. The molecule has 0 amide bonds. The summed E-state index contributed by atoms with van der Waals surface area (Å²) >= 11 is 0. The van der Waals surface area contributed by atoms with Crippen LogP contribution in [0.1, 0.15) is 48.4 Å². The fraction of sp³-hybridized carbons (Fsp3) is 0.469. The van der Waals surface area contributed by atoms with Gasteiger partial charge < -0.3 is 19.3 Å². The van der Waals surface area contributed by atoms with Gasteiger partial charge in [0.2, 0.25) is 0 Å². The minimum atomic E-state index is -4.95. The van der Waals surface area contributed by atoms with Crippen molar-refractivity contribution in [1.29, 1.82) is 0 Å². The van der Waals surface area contributed by atoms with Gasteiger partial charge in [0.25, 0.3) is 6.01 Å². The molecule has 2 aromatic carbocycles. The number of β-amino-alcohol motifs (C(OH)–C–C–N with tert-alkyl or cyclic N) is 1. The van der Waals surface area contributed by atoms with Gasteiger partial charge in [-0.15, -0.1) is 0 Å². The monoisotopic (exact) mass is 605 g/mol. The van der Waals surface area contributed by atoms with Crippen LogP contribution < -0.4 is 4.90 Å². The molecule has 3 aromatic rings. The number of allylic oxidation sites excluding steroid dienone is 1. The lowest BCUT2D eigenvalue weighted by Gasteiger charge is -2.45. The molecule has 2 fully saturated rings. The third-order valence-corrected chi connectivity index (χ3v) is 9.44. The number of likely N-dealkylation sites (tertiary alicyclic amines) is 1. The molecular formula is C32H33F6N3O2. The van der Waals surface area contributed by atoms with Crippen LogP contribution in [0.3, 0.4) is 0 Å². The van der Waals surface area contributed by atoms with Crippen LogP contribution in [0.2, 0.25) is 0 Å². The number of aliphatic hydroxyl groups excluding tert-OH is 1. The molecule has 3 aliphatic rings. The smallest absolute Gasteiger partial charge is 0.416 e. The van der Waals surface area contributed by atoms with Gasteiger partial charge in [-0.2, -0.15) is 26.3 Å². The minimum absolute atomic E-state index is 0.0423. The highest BCUT2D eigenvalue weighted by Gasteiger charge is 2.44. The number of benzene rings is 2. The van der Waals surface area contributed by atoms with Crippen molar-refractivity contribution in [1.82, 2.24) is 9.88 Å². The molecule has 1 aliphatic carbocycles. The Bertz CT molecular complexity index is 1460. The largest absolute Gasteiger partial charge is 0.423 e. The SMILES string of the molecule is C[C@H]1CN(C[C@@H](O)C2CCN(c3ncc(-c4cc(C(F)(F)F)cc(C(F)(F)F)c4)o3)CC2)CC[C@@]12C=Cc1ccccc12. The number of nitrogens with zero attached hydrogens (tertiary/aromatic N) is 3. The zero-order chi connectivity index (χ0) is 30.6. The maximum atomic E-state index is 13.3. The lowest BCUT2D eigenvalue weighted by atomic mass is 9.68. The van der Waals surface area contributed by atoms with E-state index in [0.29, 0.717) is 50.5 Å². The number of alkyl halides is 6. The summed E-state index contributed by atoms with van der Waals surface area (Å²) in [6.07, 6.45) is -2.39. The van der Waals surface area contributed by atoms with Gasteiger partial charge in [-0.25, -0.2) is 4.98 Å². The predicted molar refractivity (Wildman–Crippen MR) is 150 cm³/mol. The first kappa shape index (κ1) is 29.7. The van der Waals surface area contributed by atoms with E-state index in [1.54, 1.807) is 0 Å². The average Bonchev–Trinajstić information content (AvgIpc) is 3.61. The number of hydrogen-bond donors (Lipinski definition) is 1. The van der Waals surface area contributed by atoms with Gasteiger partial charge in [0.05, 0.1) is 23.4 Å². The van der Waals surface area contributed by atoms with E-state index in [-0.39, 0.29) is 34.7 Å². The molecule has 2 aliphatic heterocycles. The summed E-state index contributed by atoms with van der Waals surface area (Å²) in [5.74, 6) is 0.283. The Labute approximate surface area is 245 Å². The number of oxazole rings is 1. The van der Waals surface area contributed by atoms with Crippen LogP contribution in [0.4, 0.5) is 32.4 Å². The van der Waals surface area contributed by atoms with Crippen LogP contribution in [0, 0.1) is 11.8 Å². The van der Waals surface area contributed by atoms with E-state index in [9.17, 15) is 31.4 Å². The van der Waals surface area contributed by atoms with Crippen LogP contribution in [-0.2, 0) is 17.8 Å². The molecule has 5 nitrogen and oxygen atoms in total. The van der Waals surface area contributed by atoms with Crippen molar-refractivity contribution >= 4 is 12.1 Å². The summed E-state index contributed by atoms with van der Waals surface area (Å²) in [7, 11) is 0. The summed E-state index contributed by atoms with van der Waals surface area (Å²) < 4.78 is 85.4. The third-order valence-electron chi connectivity index (χ3n) is 9.44. The zero-order valence-electron chi connectivity index (χ0n) is 23.6. The number of halogens is 6. The van der Waals surface area contributed by atoms with Gasteiger partial charge in [-0.1, -0.05) is 43.3 Å². The molecule has 1 N–H and O–H groups in total. The first-order valence-electron chi connectivity index (χ1n) is 14.5. The number of anilines is 1. The molecule has 3 atom stereocenters. The second kappa shape index (κ2) is 11.0. The molecule has 1 aromatic heterocycles.